The molecule has 0 atom stereocenters. The molecule has 22 heavy (non-hydrogen) atoms. The Kier molecular flexibility index (Phi) is 4.31. The topological polar surface area (TPSA) is 67.0 Å². The van der Waals surface area contributed by atoms with Crippen LogP contribution in [-0.2, 0) is 17.9 Å². The van der Waals surface area contributed by atoms with Gasteiger partial charge in [-0.1, -0.05) is 11.6 Å². The number of carbonyl (C=O) groups excluding carboxylic acids is 1. The number of nitrogens with zero attached hydrogens (tertiary/aromatic N) is 1. The van der Waals surface area contributed by atoms with Crippen molar-refractivity contribution < 1.29 is 9.53 Å². The number of rotatable bonds is 5. The number of aromatic nitrogens is 2. The highest BCUT2D eigenvalue weighted by Crippen LogP contribution is 2.31. The molecule has 3 rings (SSSR count). The lowest BCUT2D eigenvalue weighted by Crippen LogP contribution is -2.18. The lowest BCUT2D eigenvalue weighted by Gasteiger charge is -2.06. The molecule has 2 N–H and O–H groups in total. The number of benzene rings is 1. The molecule has 1 amide bonds. The standard InChI is InChI=1S/C15H14ClN3O2S/c1-9(20)17-5-11-2-10-3-13(16)15(4-14(10)19-11)21-6-12-7-22-8-18-12/h2-4,7-8,19H,5-6H2,1H3,(H,17,20). The van der Waals surface area contributed by atoms with Gasteiger partial charge >= 0.3 is 0 Å². The third-order valence-corrected chi connectivity index (χ3v) is 4.05. The maximum absolute atomic E-state index is 11.0. The van der Waals surface area contributed by atoms with Crippen molar-refractivity contribution in [2.45, 2.75) is 20.1 Å². The van der Waals surface area contributed by atoms with Crippen LogP contribution >= 0.6 is 22.9 Å². The van der Waals surface area contributed by atoms with Crippen LogP contribution in [0.25, 0.3) is 10.9 Å². The van der Waals surface area contributed by atoms with E-state index in [0.717, 1.165) is 22.3 Å². The van der Waals surface area contributed by atoms with Gasteiger partial charge in [-0.2, -0.15) is 0 Å². The summed E-state index contributed by atoms with van der Waals surface area (Å²) in [6, 6.07) is 5.67. The fourth-order valence-corrected chi connectivity index (χ4v) is 2.85. The molecule has 0 radical (unpaired) electrons. The molecule has 0 unspecified atom stereocenters. The van der Waals surface area contributed by atoms with Gasteiger partial charge in [-0.05, 0) is 12.1 Å². The van der Waals surface area contributed by atoms with Crippen molar-refractivity contribution in [3.8, 4) is 5.75 Å². The average molecular weight is 336 g/mol. The van der Waals surface area contributed by atoms with Crippen molar-refractivity contribution in [3.05, 3.63) is 45.5 Å². The van der Waals surface area contributed by atoms with Crippen molar-refractivity contribution in [2.24, 2.45) is 0 Å². The summed E-state index contributed by atoms with van der Waals surface area (Å²) < 4.78 is 5.72. The van der Waals surface area contributed by atoms with Crippen molar-refractivity contribution in [1.82, 2.24) is 15.3 Å². The number of amides is 1. The average Bonchev–Trinajstić information content (AvgIpc) is 3.11. The van der Waals surface area contributed by atoms with Gasteiger partial charge in [0.25, 0.3) is 0 Å². The zero-order chi connectivity index (χ0) is 15.5. The molecule has 0 saturated carbocycles. The number of halogens is 1. The number of carbonyl (C=O) groups is 1. The van der Waals surface area contributed by atoms with Gasteiger partial charge < -0.3 is 15.0 Å². The van der Waals surface area contributed by atoms with E-state index < -0.39 is 0 Å². The Labute approximate surface area is 136 Å². The van der Waals surface area contributed by atoms with E-state index >= 15 is 0 Å². The van der Waals surface area contributed by atoms with Crippen LogP contribution < -0.4 is 10.1 Å². The number of ether oxygens (including phenoxy) is 1. The SMILES string of the molecule is CC(=O)NCc1cc2cc(Cl)c(OCc3cscn3)cc2[nH]1. The number of thiazole rings is 1. The van der Waals surface area contributed by atoms with Crippen LogP contribution in [0.4, 0.5) is 0 Å². The first-order chi connectivity index (χ1) is 10.6. The van der Waals surface area contributed by atoms with Gasteiger partial charge in [0.1, 0.15) is 12.4 Å². The van der Waals surface area contributed by atoms with E-state index in [9.17, 15) is 4.79 Å². The molecule has 0 aliphatic heterocycles. The van der Waals surface area contributed by atoms with Crippen LogP contribution in [0.3, 0.4) is 0 Å². The minimum atomic E-state index is -0.0658. The summed E-state index contributed by atoms with van der Waals surface area (Å²) in [5.74, 6) is 0.541. The molecule has 2 heterocycles. The summed E-state index contributed by atoms with van der Waals surface area (Å²) in [5, 5.41) is 6.22. The summed E-state index contributed by atoms with van der Waals surface area (Å²) >= 11 is 7.78. The highest BCUT2D eigenvalue weighted by Gasteiger charge is 2.08. The largest absolute Gasteiger partial charge is 0.486 e. The number of aromatic amines is 1. The Morgan fingerprint density at radius 3 is 3.05 bits per heavy atom. The number of H-pyrrole nitrogens is 1. The highest BCUT2D eigenvalue weighted by atomic mass is 35.5. The van der Waals surface area contributed by atoms with Gasteiger partial charge in [-0.3, -0.25) is 4.79 Å². The Morgan fingerprint density at radius 1 is 1.45 bits per heavy atom. The second kappa shape index (κ2) is 6.37. The number of nitrogens with one attached hydrogen (secondary N) is 2. The Hall–Kier alpha value is -2.05. The molecule has 5 nitrogen and oxygen atoms in total. The first kappa shape index (κ1) is 14.9. The van der Waals surface area contributed by atoms with E-state index in [-0.39, 0.29) is 5.91 Å². The van der Waals surface area contributed by atoms with Crippen LogP contribution in [-0.4, -0.2) is 15.9 Å². The Balaban J connectivity index is 1.79. The van der Waals surface area contributed by atoms with Gasteiger partial charge in [0.15, 0.2) is 0 Å². The van der Waals surface area contributed by atoms with E-state index in [2.05, 4.69) is 15.3 Å². The van der Waals surface area contributed by atoms with Crippen LogP contribution in [0.2, 0.25) is 5.02 Å². The van der Waals surface area contributed by atoms with E-state index in [1.54, 1.807) is 5.51 Å². The normalized spacial score (nSPS) is 10.8. The third-order valence-electron chi connectivity index (χ3n) is 3.12. The van der Waals surface area contributed by atoms with Crippen molar-refractivity contribution in [1.29, 1.82) is 0 Å². The van der Waals surface area contributed by atoms with Crippen molar-refractivity contribution in [2.75, 3.05) is 0 Å². The van der Waals surface area contributed by atoms with E-state index in [4.69, 9.17) is 16.3 Å². The zero-order valence-electron chi connectivity index (χ0n) is 11.9. The first-order valence-electron chi connectivity index (χ1n) is 6.67. The Bertz CT molecular complexity index is 799. The molecule has 0 spiro atoms. The minimum absolute atomic E-state index is 0.0658. The van der Waals surface area contributed by atoms with Crippen LogP contribution in [0, 0.1) is 0 Å². The summed E-state index contributed by atoms with van der Waals surface area (Å²) in [4.78, 5) is 18.4. The summed E-state index contributed by atoms with van der Waals surface area (Å²) in [7, 11) is 0. The number of fused-ring (bicyclic) bond motifs is 1. The summed E-state index contributed by atoms with van der Waals surface area (Å²) in [6.45, 7) is 2.33. The molecular formula is C15H14ClN3O2S. The lowest BCUT2D eigenvalue weighted by molar-refractivity contribution is -0.119. The molecule has 0 saturated heterocycles. The smallest absolute Gasteiger partial charge is 0.217 e. The van der Waals surface area contributed by atoms with E-state index in [0.29, 0.717) is 23.9 Å². The maximum atomic E-state index is 11.0. The molecule has 7 heteroatoms. The molecule has 0 aliphatic carbocycles. The van der Waals surface area contributed by atoms with Crippen molar-refractivity contribution >= 4 is 39.7 Å². The molecule has 114 valence electrons. The molecule has 3 aromatic rings. The molecule has 2 aromatic heterocycles. The minimum Gasteiger partial charge on any atom is -0.486 e. The second-order valence-corrected chi connectivity index (χ2v) is 5.97. The zero-order valence-corrected chi connectivity index (χ0v) is 13.4. The summed E-state index contributed by atoms with van der Waals surface area (Å²) in [6.07, 6.45) is 0. The maximum Gasteiger partial charge on any atom is 0.217 e. The van der Waals surface area contributed by atoms with Gasteiger partial charge in [-0.25, -0.2) is 4.98 Å². The summed E-state index contributed by atoms with van der Waals surface area (Å²) in [5.41, 5.74) is 4.47. The molecule has 0 aliphatic rings. The monoisotopic (exact) mass is 335 g/mol. The van der Waals surface area contributed by atoms with Gasteiger partial charge in [-0.15, -0.1) is 11.3 Å². The number of hydrogen-bond donors (Lipinski definition) is 2. The van der Waals surface area contributed by atoms with Crippen LogP contribution in [0.15, 0.2) is 29.1 Å². The fraction of sp³-hybridized carbons (Fsp3) is 0.200. The lowest BCUT2D eigenvalue weighted by atomic mass is 10.2. The quantitative estimate of drug-likeness (QED) is 0.750. The Morgan fingerprint density at radius 2 is 2.32 bits per heavy atom. The van der Waals surface area contributed by atoms with Crippen molar-refractivity contribution in [3.63, 3.8) is 0 Å². The second-order valence-electron chi connectivity index (χ2n) is 4.84. The number of hydrogen-bond acceptors (Lipinski definition) is 4. The predicted octanol–water partition coefficient (Wildman–Crippen LogP) is 3.49. The fourth-order valence-electron chi connectivity index (χ4n) is 2.08. The van der Waals surface area contributed by atoms with Gasteiger partial charge in [0, 0.05) is 35.0 Å². The van der Waals surface area contributed by atoms with Gasteiger partial charge in [0.2, 0.25) is 5.91 Å². The molecule has 1 aromatic carbocycles. The van der Waals surface area contributed by atoms with Crippen LogP contribution in [0.1, 0.15) is 18.3 Å². The third kappa shape index (κ3) is 3.40. The van der Waals surface area contributed by atoms with E-state index in [1.807, 2.05) is 23.6 Å². The molecular weight excluding hydrogens is 322 g/mol. The molecule has 0 fully saturated rings. The highest BCUT2D eigenvalue weighted by molar-refractivity contribution is 7.07. The first-order valence-corrected chi connectivity index (χ1v) is 7.99. The van der Waals surface area contributed by atoms with Crippen LogP contribution in [0.5, 0.6) is 5.75 Å². The predicted molar refractivity (Wildman–Crippen MR) is 87.3 cm³/mol. The van der Waals surface area contributed by atoms with E-state index in [1.165, 1.54) is 18.3 Å². The molecule has 0 bridgehead atoms. The van der Waals surface area contributed by atoms with Gasteiger partial charge in [0.05, 0.1) is 22.8 Å².